The molecule has 0 radical (unpaired) electrons. The van der Waals surface area contributed by atoms with Gasteiger partial charge in [-0.2, -0.15) is 5.26 Å². The maximum absolute atomic E-state index is 8.66. The molecule has 14 heavy (non-hydrogen) atoms. The van der Waals surface area contributed by atoms with Crippen LogP contribution in [0.4, 0.5) is 0 Å². The zero-order valence-corrected chi connectivity index (χ0v) is 9.42. The van der Waals surface area contributed by atoms with Gasteiger partial charge < -0.3 is 5.32 Å². The summed E-state index contributed by atoms with van der Waals surface area (Å²) in [7, 11) is 0. The first-order chi connectivity index (χ1) is 6.77. The van der Waals surface area contributed by atoms with Crippen LogP contribution in [-0.4, -0.2) is 12.1 Å². The SMILES string of the molecule is CCC(CC#N)NC(C)C1CCCC1. The van der Waals surface area contributed by atoms with E-state index in [0.717, 1.165) is 12.3 Å². The molecule has 0 amide bonds. The van der Waals surface area contributed by atoms with Gasteiger partial charge in [0, 0.05) is 12.1 Å². The van der Waals surface area contributed by atoms with Crippen molar-refractivity contribution in [2.45, 2.75) is 64.5 Å². The fourth-order valence-electron chi connectivity index (χ4n) is 2.40. The first-order valence-corrected chi connectivity index (χ1v) is 5.91. The van der Waals surface area contributed by atoms with E-state index >= 15 is 0 Å². The molecule has 0 bridgehead atoms. The van der Waals surface area contributed by atoms with Crippen molar-refractivity contribution in [3.05, 3.63) is 0 Å². The molecule has 0 aliphatic heterocycles. The van der Waals surface area contributed by atoms with E-state index in [1.54, 1.807) is 0 Å². The molecule has 0 saturated heterocycles. The average molecular weight is 194 g/mol. The molecule has 2 atom stereocenters. The van der Waals surface area contributed by atoms with Gasteiger partial charge in [-0.25, -0.2) is 0 Å². The Kier molecular flexibility index (Phi) is 4.97. The van der Waals surface area contributed by atoms with Crippen LogP contribution in [0.5, 0.6) is 0 Å². The Labute approximate surface area is 87.7 Å². The van der Waals surface area contributed by atoms with E-state index in [1.165, 1.54) is 25.7 Å². The molecule has 1 aliphatic rings. The summed E-state index contributed by atoms with van der Waals surface area (Å²) in [6, 6.07) is 3.24. The van der Waals surface area contributed by atoms with Crippen LogP contribution in [0.25, 0.3) is 0 Å². The van der Waals surface area contributed by atoms with E-state index in [-0.39, 0.29) is 0 Å². The smallest absolute Gasteiger partial charge is 0.0638 e. The van der Waals surface area contributed by atoms with Gasteiger partial charge in [0.15, 0.2) is 0 Å². The Morgan fingerprint density at radius 1 is 1.43 bits per heavy atom. The summed E-state index contributed by atoms with van der Waals surface area (Å²) in [5, 5.41) is 12.2. The van der Waals surface area contributed by atoms with E-state index in [2.05, 4.69) is 25.2 Å². The van der Waals surface area contributed by atoms with Gasteiger partial charge in [-0.3, -0.25) is 0 Å². The summed E-state index contributed by atoms with van der Waals surface area (Å²) < 4.78 is 0. The number of hydrogen-bond donors (Lipinski definition) is 1. The highest BCUT2D eigenvalue weighted by molar-refractivity contribution is 4.85. The Morgan fingerprint density at radius 2 is 2.07 bits per heavy atom. The standard InChI is InChI=1S/C12H22N2/c1-3-12(8-9-13)14-10(2)11-6-4-5-7-11/h10-12,14H,3-8H2,1-2H3. The lowest BCUT2D eigenvalue weighted by Gasteiger charge is -2.25. The molecule has 0 spiro atoms. The van der Waals surface area contributed by atoms with E-state index in [4.69, 9.17) is 5.26 Å². The number of nitrogens with one attached hydrogen (secondary N) is 1. The number of nitrogens with zero attached hydrogens (tertiary/aromatic N) is 1. The molecule has 1 saturated carbocycles. The second-order valence-electron chi connectivity index (χ2n) is 4.47. The highest BCUT2D eigenvalue weighted by atomic mass is 14.9. The molecule has 0 heterocycles. The Hall–Kier alpha value is -0.550. The van der Waals surface area contributed by atoms with Gasteiger partial charge in [0.2, 0.25) is 0 Å². The minimum absolute atomic E-state index is 0.399. The van der Waals surface area contributed by atoms with Crippen molar-refractivity contribution in [1.29, 1.82) is 5.26 Å². The Morgan fingerprint density at radius 3 is 2.57 bits per heavy atom. The molecule has 0 aromatic rings. The van der Waals surface area contributed by atoms with Crippen LogP contribution in [0.1, 0.15) is 52.4 Å². The summed E-state index contributed by atoms with van der Waals surface area (Å²) in [6.45, 7) is 4.42. The second kappa shape index (κ2) is 6.03. The van der Waals surface area contributed by atoms with Crippen LogP contribution in [0.3, 0.4) is 0 Å². The van der Waals surface area contributed by atoms with Gasteiger partial charge in [0.05, 0.1) is 12.5 Å². The van der Waals surface area contributed by atoms with E-state index < -0.39 is 0 Å². The summed E-state index contributed by atoms with van der Waals surface area (Å²) in [6.07, 6.45) is 7.24. The van der Waals surface area contributed by atoms with E-state index in [0.29, 0.717) is 18.5 Å². The third-order valence-electron chi connectivity index (χ3n) is 3.44. The largest absolute Gasteiger partial charge is 0.310 e. The van der Waals surface area contributed by atoms with Crippen LogP contribution in [0, 0.1) is 17.2 Å². The molecule has 2 unspecified atom stereocenters. The second-order valence-corrected chi connectivity index (χ2v) is 4.47. The number of hydrogen-bond acceptors (Lipinski definition) is 2. The molecule has 2 heteroatoms. The zero-order chi connectivity index (χ0) is 10.4. The molecular formula is C12H22N2. The van der Waals surface area contributed by atoms with Crippen LogP contribution in [-0.2, 0) is 0 Å². The van der Waals surface area contributed by atoms with Gasteiger partial charge in [-0.05, 0) is 32.1 Å². The van der Waals surface area contributed by atoms with Crippen molar-refractivity contribution in [3.8, 4) is 6.07 Å². The summed E-state index contributed by atoms with van der Waals surface area (Å²) in [5.41, 5.74) is 0. The molecule has 2 nitrogen and oxygen atoms in total. The highest BCUT2D eigenvalue weighted by Gasteiger charge is 2.22. The van der Waals surface area contributed by atoms with Crippen molar-refractivity contribution in [2.24, 2.45) is 5.92 Å². The van der Waals surface area contributed by atoms with E-state index in [1.807, 2.05) is 0 Å². The quantitative estimate of drug-likeness (QED) is 0.730. The summed E-state index contributed by atoms with van der Waals surface area (Å²) >= 11 is 0. The molecule has 0 aromatic carbocycles. The molecule has 1 N–H and O–H groups in total. The fraction of sp³-hybridized carbons (Fsp3) is 0.917. The normalized spacial score (nSPS) is 21.8. The number of rotatable bonds is 5. The van der Waals surface area contributed by atoms with Gasteiger partial charge in [-0.1, -0.05) is 19.8 Å². The Bertz CT molecular complexity index is 189. The predicted molar refractivity (Wildman–Crippen MR) is 58.9 cm³/mol. The maximum atomic E-state index is 8.66. The van der Waals surface area contributed by atoms with Gasteiger partial charge >= 0.3 is 0 Å². The molecule has 0 aromatic heterocycles. The first-order valence-electron chi connectivity index (χ1n) is 5.91. The van der Waals surface area contributed by atoms with Gasteiger partial charge in [-0.15, -0.1) is 0 Å². The molecule has 1 rings (SSSR count). The molecule has 1 fully saturated rings. The van der Waals surface area contributed by atoms with Crippen LogP contribution >= 0.6 is 0 Å². The first kappa shape index (κ1) is 11.5. The van der Waals surface area contributed by atoms with Crippen LogP contribution in [0.2, 0.25) is 0 Å². The molecular weight excluding hydrogens is 172 g/mol. The van der Waals surface area contributed by atoms with E-state index in [9.17, 15) is 0 Å². The Balaban J connectivity index is 2.30. The minimum atomic E-state index is 0.399. The number of nitriles is 1. The zero-order valence-electron chi connectivity index (χ0n) is 9.42. The summed E-state index contributed by atoms with van der Waals surface area (Å²) in [4.78, 5) is 0. The van der Waals surface area contributed by atoms with Crippen LogP contribution < -0.4 is 5.32 Å². The van der Waals surface area contributed by atoms with Crippen molar-refractivity contribution in [2.75, 3.05) is 0 Å². The summed E-state index contributed by atoms with van der Waals surface area (Å²) in [5.74, 6) is 0.850. The lowest BCUT2D eigenvalue weighted by molar-refractivity contribution is 0.337. The van der Waals surface area contributed by atoms with Crippen molar-refractivity contribution in [1.82, 2.24) is 5.32 Å². The van der Waals surface area contributed by atoms with Crippen molar-refractivity contribution < 1.29 is 0 Å². The third kappa shape index (κ3) is 3.31. The average Bonchev–Trinajstić information content (AvgIpc) is 2.69. The minimum Gasteiger partial charge on any atom is -0.310 e. The topological polar surface area (TPSA) is 35.8 Å². The fourth-order valence-corrected chi connectivity index (χ4v) is 2.40. The van der Waals surface area contributed by atoms with Gasteiger partial charge in [0.1, 0.15) is 0 Å². The monoisotopic (exact) mass is 194 g/mol. The third-order valence-corrected chi connectivity index (χ3v) is 3.44. The lowest BCUT2D eigenvalue weighted by Crippen LogP contribution is -2.39. The van der Waals surface area contributed by atoms with Crippen molar-refractivity contribution >= 4 is 0 Å². The van der Waals surface area contributed by atoms with Gasteiger partial charge in [0.25, 0.3) is 0 Å². The van der Waals surface area contributed by atoms with Crippen LogP contribution in [0.15, 0.2) is 0 Å². The molecule has 1 aliphatic carbocycles. The highest BCUT2D eigenvalue weighted by Crippen LogP contribution is 2.27. The molecule has 80 valence electrons. The maximum Gasteiger partial charge on any atom is 0.0638 e. The van der Waals surface area contributed by atoms with Crippen molar-refractivity contribution in [3.63, 3.8) is 0 Å². The lowest BCUT2D eigenvalue weighted by atomic mass is 9.98. The predicted octanol–water partition coefficient (Wildman–Crippen LogP) is 2.85.